The number of likely N-dealkylation sites (tertiary alicyclic amines) is 1. The molecule has 1 spiro atoms. The number of piperidine rings is 1. The summed E-state index contributed by atoms with van der Waals surface area (Å²) < 4.78 is 0. The summed E-state index contributed by atoms with van der Waals surface area (Å²) in [6.45, 7) is 1.08. The van der Waals surface area contributed by atoms with E-state index in [1.165, 1.54) is 57.8 Å². The standard InChI is InChI=1S/C20H27NO/c22-19-18-15(7-8-21(19)13-3-1-2-4-13)16-11-20(18)10-12-5-6-14(16)17(20)9-12/h5,13-18H,1-4,6-11H2. The molecule has 4 bridgehead atoms. The van der Waals surface area contributed by atoms with Gasteiger partial charge in [0, 0.05) is 18.5 Å². The lowest BCUT2D eigenvalue weighted by Crippen LogP contribution is -2.55. The fourth-order valence-corrected chi connectivity index (χ4v) is 8.17. The summed E-state index contributed by atoms with van der Waals surface area (Å²) in [6, 6.07) is 0.597. The summed E-state index contributed by atoms with van der Waals surface area (Å²) in [5.74, 6) is 4.47. The quantitative estimate of drug-likeness (QED) is 0.675. The number of rotatable bonds is 1. The van der Waals surface area contributed by atoms with E-state index >= 15 is 0 Å². The zero-order valence-corrected chi connectivity index (χ0v) is 13.5. The molecular weight excluding hydrogens is 270 g/mol. The topological polar surface area (TPSA) is 20.3 Å². The highest BCUT2D eigenvalue weighted by Gasteiger charge is 2.71. The smallest absolute Gasteiger partial charge is 0.226 e. The van der Waals surface area contributed by atoms with Crippen molar-refractivity contribution in [3.05, 3.63) is 11.6 Å². The molecule has 118 valence electrons. The van der Waals surface area contributed by atoms with E-state index in [4.69, 9.17) is 0 Å². The van der Waals surface area contributed by atoms with Gasteiger partial charge in [-0.15, -0.1) is 0 Å². The van der Waals surface area contributed by atoms with Gasteiger partial charge in [0.2, 0.25) is 5.91 Å². The normalized spacial score (nSPS) is 52.4. The molecule has 1 saturated heterocycles. The third-order valence-corrected chi connectivity index (χ3v) is 8.75. The van der Waals surface area contributed by atoms with Gasteiger partial charge in [0.1, 0.15) is 0 Å². The second-order valence-electron chi connectivity index (χ2n) is 9.25. The van der Waals surface area contributed by atoms with Crippen molar-refractivity contribution in [2.45, 2.75) is 63.8 Å². The number of carbonyl (C=O) groups excluding carboxylic acids is 1. The Morgan fingerprint density at radius 3 is 2.82 bits per heavy atom. The largest absolute Gasteiger partial charge is 0.339 e. The van der Waals surface area contributed by atoms with Crippen molar-refractivity contribution >= 4 is 5.91 Å². The van der Waals surface area contributed by atoms with Crippen molar-refractivity contribution in [1.82, 2.24) is 4.90 Å². The highest BCUT2D eigenvalue weighted by Crippen LogP contribution is 2.75. The van der Waals surface area contributed by atoms with Crippen LogP contribution >= 0.6 is 0 Å². The van der Waals surface area contributed by atoms with Crippen molar-refractivity contribution in [1.29, 1.82) is 0 Å². The van der Waals surface area contributed by atoms with Crippen molar-refractivity contribution in [2.24, 2.45) is 35.0 Å². The second-order valence-corrected chi connectivity index (χ2v) is 9.25. The summed E-state index contributed by atoms with van der Waals surface area (Å²) in [6.07, 6.45) is 14.5. The Kier molecular flexibility index (Phi) is 2.29. The maximum absolute atomic E-state index is 13.5. The minimum Gasteiger partial charge on any atom is -0.339 e. The number of nitrogens with zero attached hydrogens (tertiary/aromatic N) is 1. The molecule has 0 aromatic heterocycles. The van der Waals surface area contributed by atoms with Gasteiger partial charge in [-0.2, -0.15) is 0 Å². The van der Waals surface area contributed by atoms with Gasteiger partial charge in [-0.05, 0) is 74.0 Å². The SMILES string of the molecule is O=C1C2C(CCN1C1CCCC1)C1CC23CC2=CCC1C3C2. The fraction of sp³-hybridized carbons (Fsp3) is 0.850. The number of carbonyl (C=O) groups is 1. The minimum absolute atomic E-state index is 0.413. The van der Waals surface area contributed by atoms with Crippen LogP contribution in [0.25, 0.3) is 0 Å². The molecule has 5 fully saturated rings. The molecule has 1 heterocycles. The van der Waals surface area contributed by atoms with Crippen LogP contribution in [0.1, 0.15) is 57.8 Å². The minimum atomic E-state index is 0.413. The molecular formula is C20H27NO. The van der Waals surface area contributed by atoms with Gasteiger partial charge in [0.25, 0.3) is 0 Å². The van der Waals surface area contributed by atoms with Gasteiger partial charge < -0.3 is 4.90 Å². The summed E-state index contributed by atoms with van der Waals surface area (Å²) >= 11 is 0. The van der Waals surface area contributed by atoms with Crippen molar-refractivity contribution in [3.63, 3.8) is 0 Å². The molecule has 2 nitrogen and oxygen atoms in total. The monoisotopic (exact) mass is 297 g/mol. The lowest BCUT2D eigenvalue weighted by molar-refractivity contribution is -0.153. The third kappa shape index (κ3) is 1.29. The molecule has 5 aliphatic carbocycles. The van der Waals surface area contributed by atoms with Crippen LogP contribution in [0.15, 0.2) is 11.6 Å². The van der Waals surface area contributed by atoms with Gasteiger partial charge in [0.05, 0.1) is 0 Å². The van der Waals surface area contributed by atoms with Crippen LogP contribution in [-0.2, 0) is 4.79 Å². The zero-order chi connectivity index (χ0) is 14.5. The Bertz CT molecular complexity index is 574. The van der Waals surface area contributed by atoms with E-state index in [-0.39, 0.29) is 0 Å². The summed E-state index contributed by atoms with van der Waals surface area (Å²) in [5, 5.41) is 0. The molecule has 0 N–H and O–H groups in total. The number of hydrogen-bond acceptors (Lipinski definition) is 1. The van der Waals surface area contributed by atoms with E-state index in [1.807, 2.05) is 0 Å². The Labute approximate surface area is 133 Å². The first-order valence-electron chi connectivity index (χ1n) is 9.76. The van der Waals surface area contributed by atoms with Crippen LogP contribution < -0.4 is 0 Å². The van der Waals surface area contributed by atoms with Crippen LogP contribution in [0.2, 0.25) is 0 Å². The number of allylic oxidation sites excluding steroid dienone is 2. The molecule has 6 atom stereocenters. The molecule has 1 aliphatic heterocycles. The van der Waals surface area contributed by atoms with Crippen LogP contribution in [-0.4, -0.2) is 23.4 Å². The lowest BCUT2D eigenvalue weighted by atomic mass is 9.59. The molecule has 22 heavy (non-hydrogen) atoms. The lowest BCUT2D eigenvalue weighted by Gasteiger charge is -2.50. The highest BCUT2D eigenvalue weighted by molar-refractivity contribution is 5.82. The van der Waals surface area contributed by atoms with E-state index < -0.39 is 0 Å². The van der Waals surface area contributed by atoms with Crippen LogP contribution in [0.4, 0.5) is 0 Å². The van der Waals surface area contributed by atoms with Crippen molar-refractivity contribution in [2.75, 3.05) is 6.54 Å². The van der Waals surface area contributed by atoms with E-state index in [0.29, 0.717) is 23.3 Å². The van der Waals surface area contributed by atoms with Crippen LogP contribution in [0.5, 0.6) is 0 Å². The first-order chi connectivity index (χ1) is 10.8. The Morgan fingerprint density at radius 1 is 1.09 bits per heavy atom. The predicted octanol–water partition coefficient (Wildman–Crippen LogP) is 3.77. The highest BCUT2D eigenvalue weighted by atomic mass is 16.2. The van der Waals surface area contributed by atoms with Crippen LogP contribution in [0.3, 0.4) is 0 Å². The molecule has 0 aromatic rings. The Morgan fingerprint density at radius 2 is 1.95 bits per heavy atom. The first-order valence-corrected chi connectivity index (χ1v) is 9.76. The second kappa shape index (κ2) is 3.99. The molecule has 6 aliphatic rings. The molecule has 0 radical (unpaired) electrons. The van der Waals surface area contributed by atoms with Crippen LogP contribution in [0, 0.1) is 35.0 Å². The maximum atomic E-state index is 13.5. The van der Waals surface area contributed by atoms with Gasteiger partial charge in [0.15, 0.2) is 0 Å². The number of fused-ring (bicyclic) bond motifs is 5. The van der Waals surface area contributed by atoms with Crippen molar-refractivity contribution in [3.8, 4) is 0 Å². The zero-order valence-electron chi connectivity index (χ0n) is 13.5. The molecule has 2 heteroatoms. The predicted molar refractivity (Wildman–Crippen MR) is 85.0 cm³/mol. The summed E-state index contributed by atoms with van der Waals surface area (Å²) in [7, 11) is 0. The molecule has 6 rings (SSSR count). The average Bonchev–Trinajstić information content (AvgIpc) is 3.24. The van der Waals surface area contributed by atoms with E-state index in [0.717, 1.165) is 30.2 Å². The van der Waals surface area contributed by atoms with Gasteiger partial charge in [-0.3, -0.25) is 4.79 Å². The Balaban J connectivity index is 1.39. The number of amides is 1. The first kappa shape index (κ1) is 12.6. The van der Waals surface area contributed by atoms with Crippen molar-refractivity contribution < 1.29 is 4.79 Å². The molecule has 6 unspecified atom stereocenters. The van der Waals surface area contributed by atoms with Gasteiger partial charge >= 0.3 is 0 Å². The van der Waals surface area contributed by atoms with E-state index in [1.54, 1.807) is 5.57 Å². The maximum Gasteiger partial charge on any atom is 0.226 e. The fourth-order valence-electron chi connectivity index (χ4n) is 8.17. The molecule has 4 saturated carbocycles. The van der Waals surface area contributed by atoms with E-state index in [2.05, 4.69) is 11.0 Å². The molecule has 1 amide bonds. The summed E-state index contributed by atoms with van der Waals surface area (Å²) in [4.78, 5) is 15.8. The summed E-state index contributed by atoms with van der Waals surface area (Å²) in [5.41, 5.74) is 2.13. The van der Waals surface area contributed by atoms with Gasteiger partial charge in [-0.25, -0.2) is 0 Å². The Hall–Kier alpha value is -0.790. The van der Waals surface area contributed by atoms with E-state index in [9.17, 15) is 4.79 Å². The average molecular weight is 297 g/mol. The third-order valence-electron chi connectivity index (χ3n) is 8.75. The number of hydrogen-bond donors (Lipinski definition) is 0. The molecule has 0 aromatic carbocycles. The van der Waals surface area contributed by atoms with Gasteiger partial charge in [-0.1, -0.05) is 24.5 Å².